The molecule has 0 radical (unpaired) electrons. The van der Waals surface area contributed by atoms with Crippen LogP contribution in [0.1, 0.15) is 18.5 Å². The maximum Gasteiger partial charge on any atom is 0.433 e. The van der Waals surface area contributed by atoms with E-state index in [4.69, 9.17) is 4.74 Å². The van der Waals surface area contributed by atoms with Crippen molar-refractivity contribution in [3.8, 4) is 0 Å². The molecule has 0 saturated carbocycles. The number of nitrogens with zero attached hydrogens (tertiary/aromatic N) is 3. The number of amides is 1. The van der Waals surface area contributed by atoms with Gasteiger partial charge in [0.05, 0.1) is 19.1 Å². The maximum atomic E-state index is 12.8. The Morgan fingerprint density at radius 2 is 1.96 bits per heavy atom. The van der Waals surface area contributed by atoms with Gasteiger partial charge in [-0.25, -0.2) is 4.98 Å². The minimum Gasteiger partial charge on any atom is -0.378 e. The van der Waals surface area contributed by atoms with E-state index >= 15 is 0 Å². The highest BCUT2D eigenvalue weighted by Crippen LogP contribution is 2.30. The van der Waals surface area contributed by atoms with Crippen LogP contribution in [0.3, 0.4) is 0 Å². The minimum absolute atomic E-state index is 0.0648. The molecule has 2 saturated heterocycles. The topological polar surface area (TPSA) is 45.7 Å². The van der Waals surface area contributed by atoms with Crippen molar-refractivity contribution in [3.63, 3.8) is 0 Å². The van der Waals surface area contributed by atoms with E-state index in [9.17, 15) is 18.0 Å². The highest BCUT2D eigenvalue weighted by atomic mass is 19.4. The molecule has 132 valence electrons. The number of hydrogen-bond acceptors (Lipinski definition) is 4. The number of aromatic nitrogens is 1. The first-order chi connectivity index (χ1) is 11.4. The van der Waals surface area contributed by atoms with Crippen LogP contribution in [0.2, 0.25) is 0 Å². The molecule has 0 aromatic carbocycles. The van der Waals surface area contributed by atoms with Gasteiger partial charge in [0, 0.05) is 26.2 Å². The van der Waals surface area contributed by atoms with Crippen molar-refractivity contribution in [2.45, 2.75) is 19.0 Å². The Morgan fingerprint density at radius 1 is 1.21 bits per heavy atom. The van der Waals surface area contributed by atoms with Gasteiger partial charge in [0.15, 0.2) is 0 Å². The van der Waals surface area contributed by atoms with Gasteiger partial charge < -0.3 is 14.5 Å². The molecular weight excluding hydrogens is 323 g/mol. The number of anilines is 1. The van der Waals surface area contributed by atoms with Crippen molar-refractivity contribution in [1.29, 1.82) is 0 Å². The fraction of sp³-hybridized carbons (Fsp3) is 0.625. The van der Waals surface area contributed by atoms with Crippen LogP contribution in [0.4, 0.5) is 19.0 Å². The van der Waals surface area contributed by atoms with E-state index in [0.29, 0.717) is 39.4 Å². The summed E-state index contributed by atoms with van der Waals surface area (Å²) in [5, 5.41) is 0. The third-order valence-corrected chi connectivity index (χ3v) is 4.44. The van der Waals surface area contributed by atoms with Crippen LogP contribution in [0, 0.1) is 5.92 Å². The molecular formula is C16H20F3N3O2. The Bertz CT molecular complexity index is 588. The smallest absolute Gasteiger partial charge is 0.378 e. The predicted octanol–water partition coefficient (Wildman–Crippen LogP) is 2.18. The van der Waals surface area contributed by atoms with Gasteiger partial charge >= 0.3 is 6.18 Å². The van der Waals surface area contributed by atoms with Crippen molar-refractivity contribution >= 4 is 11.7 Å². The zero-order chi connectivity index (χ0) is 17.2. The molecule has 1 atom stereocenters. The van der Waals surface area contributed by atoms with Crippen molar-refractivity contribution in [2.75, 3.05) is 44.3 Å². The van der Waals surface area contributed by atoms with Crippen LogP contribution < -0.4 is 4.90 Å². The lowest BCUT2D eigenvalue weighted by atomic mass is 9.96. The van der Waals surface area contributed by atoms with Gasteiger partial charge in [-0.15, -0.1) is 0 Å². The first-order valence-corrected chi connectivity index (χ1v) is 8.11. The normalized spacial score (nSPS) is 22.5. The Labute approximate surface area is 138 Å². The number of rotatable bonds is 2. The molecule has 2 aliphatic heterocycles. The number of hydrogen-bond donors (Lipinski definition) is 0. The van der Waals surface area contributed by atoms with E-state index in [-0.39, 0.29) is 17.6 Å². The van der Waals surface area contributed by atoms with Gasteiger partial charge in [0.1, 0.15) is 11.5 Å². The van der Waals surface area contributed by atoms with E-state index in [1.165, 1.54) is 6.07 Å². The van der Waals surface area contributed by atoms with Gasteiger partial charge in [-0.1, -0.05) is 6.07 Å². The molecule has 1 unspecified atom stereocenters. The van der Waals surface area contributed by atoms with Crippen LogP contribution in [-0.4, -0.2) is 55.2 Å². The Balaban J connectivity index is 1.70. The molecule has 2 aliphatic rings. The lowest BCUT2D eigenvalue weighted by molar-refractivity contribution is -0.141. The second kappa shape index (κ2) is 6.96. The van der Waals surface area contributed by atoms with Crippen molar-refractivity contribution in [2.24, 2.45) is 5.92 Å². The Morgan fingerprint density at radius 3 is 2.67 bits per heavy atom. The molecule has 1 amide bonds. The molecule has 1 aromatic rings. The summed E-state index contributed by atoms with van der Waals surface area (Å²) in [7, 11) is 0. The van der Waals surface area contributed by atoms with E-state index in [2.05, 4.69) is 4.98 Å². The van der Waals surface area contributed by atoms with E-state index in [0.717, 1.165) is 18.9 Å². The average Bonchev–Trinajstić information content (AvgIpc) is 2.61. The van der Waals surface area contributed by atoms with Crippen LogP contribution in [0.15, 0.2) is 18.2 Å². The molecule has 3 rings (SSSR count). The van der Waals surface area contributed by atoms with Gasteiger partial charge in [-0.05, 0) is 25.0 Å². The molecule has 0 aliphatic carbocycles. The molecule has 1 aromatic heterocycles. The second-order valence-corrected chi connectivity index (χ2v) is 6.10. The highest BCUT2D eigenvalue weighted by Gasteiger charge is 2.34. The lowest BCUT2D eigenvalue weighted by Gasteiger charge is -2.36. The summed E-state index contributed by atoms with van der Waals surface area (Å²) in [6.45, 7) is 3.26. The molecule has 0 bridgehead atoms. The average molecular weight is 343 g/mol. The second-order valence-electron chi connectivity index (χ2n) is 6.10. The van der Waals surface area contributed by atoms with E-state index < -0.39 is 11.9 Å². The largest absolute Gasteiger partial charge is 0.433 e. The number of carbonyl (C=O) groups excluding carboxylic acids is 1. The zero-order valence-corrected chi connectivity index (χ0v) is 13.3. The van der Waals surface area contributed by atoms with Crippen molar-refractivity contribution in [1.82, 2.24) is 9.88 Å². The maximum absolute atomic E-state index is 12.8. The van der Waals surface area contributed by atoms with E-state index in [1.807, 2.05) is 0 Å². The van der Waals surface area contributed by atoms with Gasteiger partial charge in [-0.3, -0.25) is 4.79 Å². The van der Waals surface area contributed by atoms with Crippen LogP contribution in [0.25, 0.3) is 0 Å². The number of halogens is 3. The monoisotopic (exact) mass is 343 g/mol. The summed E-state index contributed by atoms with van der Waals surface area (Å²) < 4.78 is 43.7. The number of piperidine rings is 1. The van der Waals surface area contributed by atoms with Crippen molar-refractivity contribution < 1.29 is 22.7 Å². The fourth-order valence-electron chi connectivity index (χ4n) is 3.19. The van der Waals surface area contributed by atoms with Crippen LogP contribution in [-0.2, 0) is 15.7 Å². The number of ether oxygens (including phenoxy) is 1. The summed E-state index contributed by atoms with van der Waals surface area (Å²) in [4.78, 5) is 19.9. The fourth-order valence-corrected chi connectivity index (χ4v) is 3.19. The number of pyridine rings is 1. The van der Waals surface area contributed by atoms with Crippen LogP contribution in [0.5, 0.6) is 0 Å². The molecule has 8 heteroatoms. The SMILES string of the molecule is O=C(C1CCCN(c2cccc(C(F)(F)F)n2)C1)N1CCOCC1. The standard InChI is InChI=1S/C16H20F3N3O2/c17-16(18,19)13-4-1-5-14(20-13)22-6-2-3-12(11-22)15(23)21-7-9-24-10-8-21/h1,4-5,12H,2-3,6-11H2. The minimum atomic E-state index is -4.46. The molecule has 5 nitrogen and oxygen atoms in total. The number of alkyl halides is 3. The Kier molecular flexibility index (Phi) is 4.93. The predicted molar refractivity (Wildman–Crippen MR) is 81.6 cm³/mol. The van der Waals surface area contributed by atoms with E-state index in [1.54, 1.807) is 15.9 Å². The first kappa shape index (κ1) is 17.0. The summed E-state index contributed by atoms with van der Waals surface area (Å²) >= 11 is 0. The zero-order valence-electron chi connectivity index (χ0n) is 13.3. The van der Waals surface area contributed by atoms with Gasteiger partial charge in [0.25, 0.3) is 0 Å². The quantitative estimate of drug-likeness (QED) is 0.826. The molecule has 3 heterocycles. The van der Waals surface area contributed by atoms with Gasteiger partial charge in [0.2, 0.25) is 5.91 Å². The molecule has 24 heavy (non-hydrogen) atoms. The third kappa shape index (κ3) is 3.80. The Hall–Kier alpha value is -1.83. The summed E-state index contributed by atoms with van der Waals surface area (Å²) in [5.74, 6) is 0.146. The summed E-state index contributed by atoms with van der Waals surface area (Å²) in [6, 6.07) is 3.89. The molecule has 0 N–H and O–H groups in total. The van der Waals surface area contributed by atoms with Crippen molar-refractivity contribution in [3.05, 3.63) is 23.9 Å². The first-order valence-electron chi connectivity index (χ1n) is 8.11. The summed E-state index contributed by atoms with van der Waals surface area (Å²) in [6.07, 6.45) is -2.95. The number of morpholine rings is 1. The lowest BCUT2D eigenvalue weighted by Crippen LogP contribution is -2.48. The molecule has 0 spiro atoms. The highest BCUT2D eigenvalue weighted by molar-refractivity contribution is 5.79. The van der Waals surface area contributed by atoms with Gasteiger partial charge in [-0.2, -0.15) is 13.2 Å². The molecule has 2 fully saturated rings. The summed E-state index contributed by atoms with van der Waals surface area (Å²) in [5.41, 5.74) is -0.901. The number of carbonyl (C=O) groups is 1. The van der Waals surface area contributed by atoms with Crippen LogP contribution >= 0.6 is 0 Å². The third-order valence-electron chi connectivity index (χ3n) is 4.44.